The summed E-state index contributed by atoms with van der Waals surface area (Å²) in [5, 5.41) is 0. The molecule has 17 heavy (non-hydrogen) atoms. The van der Waals surface area contributed by atoms with E-state index < -0.39 is 17.5 Å². The van der Waals surface area contributed by atoms with Gasteiger partial charge in [0.2, 0.25) is 0 Å². The zero-order chi connectivity index (χ0) is 12.4. The van der Waals surface area contributed by atoms with E-state index in [9.17, 15) is 13.2 Å². The Hall–Kier alpha value is -1.03. The van der Waals surface area contributed by atoms with Crippen molar-refractivity contribution < 1.29 is 17.9 Å². The SMILES string of the molecule is CCC1CC(OCc2cc(F)c(F)c(F)c2)C1. The van der Waals surface area contributed by atoms with Crippen molar-refractivity contribution in [2.75, 3.05) is 0 Å². The lowest BCUT2D eigenvalue weighted by molar-refractivity contribution is -0.0410. The third kappa shape index (κ3) is 2.80. The van der Waals surface area contributed by atoms with Crippen molar-refractivity contribution >= 4 is 0 Å². The van der Waals surface area contributed by atoms with Gasteiger partial charge in [-0.1, -0.05) is 13.3 Å². The molecule has 1 nitrogen and oxygen atoms in total. The number of hydrogen-bond acceptors (Lipinski definition) is 1. The second kappa shape index (κ2) is 5.08. The summed E-state index contributed by atoms with van der Waals surface area (Å²) in [5.74, 6) is -3.04. The fraction of sp³-hybridized carbons (Fsp3) is 0.538. The van der Waals surface area contributed by atoms with Crippen LogP contribution in [-0.2, 0) is 11.3 Å². The van der Waals surface area contributed by atoms with Crippen LogP contribution in [-0.4, -0.2) is 6.10 Å². The summed E-state index contributed by atoms with van der Waals surface area (Å²) >= 11 is 0. The molecule has 0 heterocycles. The van der Waals surface area contributed by atoms with E-state index in [-0.39, 0.29) is 12.7 Å². The minimum absolute atomic E-state index is 0.134. The quantitative estimate of drug-likeness (QED) is 0.732. The third-order valence-corrected chi connectivity index (χ3v) is 3.30. The van der Waals surface area contributed by atoms with Crippen molar-refractivity contribution in [1.82, 2.24) is 0 Å². The fourth-order valence-corrected chi connectivity index (χ4v) is 2.05. The maximum atomic E-state index is 12.9. The van der Waals surface area contributed by atoms with Crippen molar-refractivity contribution in [3.8, 4) is 0 Å². The second-order valence-corrected chi connectivity index (χ2v) is 4.55. The highest BCUT2D eigenvalue weighted by atomic mass is 19.2. The van der Waals surface area contributed by atoms with Crippen molar-refractivity contribution in [1.29, 1.82) is 0 Å². The summed E-state index contributed by atoms with van der Waals surface area (Å²) in [6, 6.07) is 1.96. The molecule has 0 aromatic heterocycles. The Balaban J connectivity index is 1.88. The van der Waals surface area contributed by atoms with Crippen LogP contribution in [0.3, 0.4) is 0 Å². The number of halogens is 3. The first-order valence-electron chi connectivity index (χ1n) is 5.85. The van der Waals surface area contributed by atoms with Crippen LogP contribution < -0.4 is 0 Å². The molecule has 0 spiro atoms. The lowest BCUT2D eigenvalue weighted by atomic mass is 9.80. The predicted molar refractivity (Wildman–Crippen MR) is 57.9 cm³/mol. The molecule has 0 aliphatic heterocycles. The zero-order valence-corrected chi connectivity index (χ0v) is 9.68. The lowest BCUT2D eigenvalue weighted by Gasteiger charge is -2.34. The summed E-state index contributed by atoms with van der Waals surface area (Å²) in [7, 11) is 0. The van der Waals surface area contributed by atoms with E-state index in [4.69, 9.17) is 4.74 Å². The Kier molecular flexibility index (Phi) is 3.72. The highest BCUT2D eigenvalue weighted by Crippen LogP contribution is 2.32. The molecule has 0 N–H and O–H groups in total. The molecule has 1 fully saturated rings. The first-order valence-corrected chi connectivity index (χ1v) is 5.85. The van der Waals surface area contributed by atoms with Crippen LogP contribution >= 0.6 is 0 Å². The fourth-order valence-electron chi connectivity index (χ4n) is 2.05. The number of benzene rings is 1. The van der Waals surface area contributed by atoms with E-state index in [2.05, 4.69) is 6.92 Å². The monoisotopic (exact) mass is 244 g/mol. The molecule has 1 aromatic rings. The van der Waals surface area contributed by atoms with Gasteiger partial charge >= 0.3 is 0 Å². The van der Waals surface area contributed by atoms with Crippen LogP contribution in [0.1, 0.15) is 31.7 Å². The summed E-state index contributed by atoms with van der Waals surface area (Å²) in [6.07, 6.45) is 3.32. The maximum absolute atomic E-state index is 12.9. The molecule has 94 valence electrons. The van der Waals surface area contributed by atoms with Gasteiger partial charge in [0.15, 0.2) is 17.5 Å². The summed E-state index contributed by atoms with van der Waals surface area (Å²) < 4.78 is 44.0. The molecule has 1 aliphatic rings. The first-order chi connectivity index (χ1) is 8.10. The Morgan fingerprint density at radius 3 is 2.29 bits per heavy atom. The lowest BCUT2D eigenvalue weighted by Crippen LogP contribution is -2.30. The Morgan fingerprint density at radius 1 is 1.18 bits per heavy atom. The molecule has 0 radical (unpaired) electrons. The van der Waals surface area contributed by atoms with Crippen molar-refractivity contribution in [2.45, 2.75) is 38.9 Å². The topological polar surface area (TPSA) is 9.23 Å². The molecule has 2 rings (SSSR count). The van der Waals surface area contributed by atoms with Crippen LogP contribution in [0, 0.1) is 23.4 Å². The molecule has 1 aliphatic carbocycles. The van der Waals surface area contributed by atoms with Gasteiger partial charge in [-0.25, -0.2) is 13.2 Å². The molecule has 0 saturated heterocycles. The Labute approximate surface area is 98.6 Å². The predicted octanol–water partition coefficient (Wildman–Crippen LogP) is 3.81. The highest BCUT2D eigenvalue weighted by molar-refractivity contribution is 5.18. The number of hydrogen-bond donors (Lipinski definition) is 0. The maximum Gasteiger partial charge on any atom is 0.194 e. The Bertz CT molecular complexity index is 377. The van der Waals surface area contributed by atoms with E-state index in [1.807, 2.05) is 0 Å². The zero-order valence-electron chi connectivity index (χ0n) is 9.68. The number of rotatable bonds is 4. The molecule has 0 unspecified atom stereocenters. The second-order valence-electron chi connectivity index (χ2n) is 4.55. The smallest absolute Gasteiger partial charge is 0.194 e. The summed E-state index contributed by atoms with van der Waals surface area (Å²) in [6.45, 7) is 2.26. The molecular weight excluding hydrogens is 229 g/mol. The summed E-state index contributed by atoms with van der Waals surface area (Å²) in [5.41, 5.74) is 0.335. The van der Waals surface area contributed by atoms with Gasteiger partial charge in [-0.15, -0.1) is 0 Å². The average molecular weight is 244 g/mol. The molecule has 0 bridgehead atoms. The molecule has 0 atom stereocenters. The Morgan fingerprint density at radius 2 is 1.76 bits per heavy atom. The average Bonchev–Trinajstić information content (AvgIpc) is 2.24. The molecular formula is C13H15F3O. The van der Waals surface area contributed by atoms with Crippen molar-refractivity contribution in [2.24, 2.45) is 5.92 Å². The van der Waals surface area contributed by atoms with Crippen LogP contribution in [0.25, 0.3) is 0 Å². The molecule has 0 amide bonds. The largest absolute Gasteiger partial charge is 0.374 e. The van der Waals surface area contributed by atoms with Crippen LogP contribution in [0.4, 0.5) is 13.2 Å². The summed E-state index contributed by atoms with van der Waals surface area (Å²) in [4.78, 5) is 0. The van der Waals surface area contributed by atoms with Crippen molar-refractivity contribution in [3.05, 3.63) is 35.1 Å². The van der Waals surface area contributed by atoms with E-state index in [1.165, 1.54) is 0 Å². The van der Waals surface area contributed by atoms with Gasteiger partial charge in [-0.05, 0) is 36.5 Å². The van der Waals surface area contributed by atoms with Gasteiger partial charge in [0, 0.05) is 0 Å². The van der Waals surface area contributed by atoms with E-state index >= 15 is 0 Å². The third-order valence-electron chi connectivity index (χ3n) is 3.30. The first kappa shape index (κ1) is 12.4. The van der Waals surface area contributed by atoms with Gasteiger partial charge in [0.05, 0.1) is 12.7 Å². The van der Waals surface area contributed by atoms with Gasteiger partial charge in [-0.3, -0.25) is 0 Å². The van der Waals surface area contributed by atoms with E-state index in [0.717, 1.165) is 31.4 Å². The van der Waals surface area contributed by atoms with Gasteiger partial charge in [-0.2, -0.15) is 0 Å². The highest BCUT2D eigenvalue weighted by Gasteiger charge is 2.28. The molecule has 1 aromatic carbocycles. The van der Waals surface area contributed by atoms with Crippen LogP contribution in [0.2, 0.25) is 0 Å². The van der Waals surface area contributed by atoms with E-state index in [1.54, 1.807) is 0 Å². The van der Waals surface area contributed by atoms with Gasteiger partial charge in [0.1, 0.15) is 0 Å². The van der Waals surface area contributed by atoms with Gasteiger partial charge < -0.3 is 4.74 Å². The van der Waals surface area contributed by atoms with Crippen molar-refractivity contribution in [3.63, 3.8) is 0 Å². The molecule has 4 heteroatoms. The van der Waals surface area contributed by atoms with Crippen LogP contribution in [0.5, 0.6) is 0 Å². The standard InChI is InChI=1S/C13H15F3O/c1-2-8-3-10(4-8)17-7-9-5-11(14)13(16)12(15)6-9/h5-6,8,10H,2-4,7H2,1H3. The van der Waals surface area contributed by atoms with Gasteiger partial charge in [0.25, 0.3) is 0 Å². The number of ether oxygens (including phenoxy) is 1. The van der Waals surface area contributed by atoms with Crippen LogP contribution in [0.15, 0.2) is 12.1 Å². The normalized spacial score (nSPS) is 23.5. The minimum atomic E-state index is -1.43. The molecule has 1 saturated carbocycles. The van der Waals surface area contributed by atoms with E-state index in [0.29, 0.717) is 11.5 Å². The minimum Gasteiger partial charge on any atom is -0.374 e.